The van der Waals surface area contributed by atoms with Crippen molar-refractivity contribution in [2.24, 2.45) is 0 Å². The molecular weight excluding hydrogens is 428 g/mol. The van der Waals surface area contributed by atoms with E-state index in [9.17, 15) is 0 Å². The first-order valence-corrected chi connectivity index (χ1v) is 12.0. The summed E-state index contributed by atoms with van der Waals surface area (Å²) in [6.45, 7) is 12.1. The standard InChI is InChI=1S/C25H32N8O/c1-5-8-31-9-11-32(12-10-31)19-6-7-20(26-14-19)24-22(17(2)3)23(29-30-24)18-13-21(34-4)25-27-16-28-33(25)15-18/h6-7,13-17H,5,8-12H2,1-4H3,(H,29,30). The molecule has 0 amide bonds. The number of H-pyrrole nitrogens is 1. The summed E-state index contributed by atoms with van der Waals surface area (Å²) in [7, 11) is 1.64. The van der Waals surface area contributed by atoms with Crippen molar-refractivity contribution in [2.75, 3.05) is 44.7 Å². The first-order valence-electron chi connectivity index (χ1n) is 12.0. The van der Waals surface area contributed by atoms with Crippen molar-refractivity contribution < 1.29 is 4.74 Å². The largest absolute Gasteiger partial charge is 0.493 e. The molecule has 4 aromatic heterocycles. The molecule has 1 N–H and O–H groups in total. The number of fused-ring (bicyclic) bond motifs is 1. The third-order valence-electron chi connectivity index (χ3n) is 6.50. The van der Waals surface area contributed by atoms with Gasteiger partial charge >= 0.3 is 0 Å². The molecule has 1 saturated heterocycles. The number of rotatable bonds is 7. The highest BCUT2D eigenvalue weighted by molar-refractivity contribution is 5.75. The average molecular weight is 461 g/mol. The molecule has 0 aliphatic carbocycles. The SMILES string of the molecule is CCCN1CCN(c2ccc(-c3n[nH]c(-c4cc(OC)c5ncnn5c4)c3C(C)C)nc2)CC1. The van der Waals surface area contributed by atoms with Gasteiger partial charge in [-0.2, -0.15) is 10.2 Å². The van der Waals surface area contributed by atoms with Crippen LogP contribution in [0.25, 0.3) is 28.3 Å². The molecule has 0 unspecified atom stereocenters. The van der Waals surface area contributed by atoms with Crippen LogP contribution < -0.4 is 9.64 Å². The van der Waals surface area contributed by atoms with Crippen molar-refractivity contribution in [1.29, 1.82) is 0 Å². The Labute approximate surface area is 199 Å². The number of hydrogen-bond donors (Lipinski definition) is 1. The number of pyridine rings is 2. The Hall–Kier alpha value is -3.46. The molecule has 0 saturated carbocycles. The van der Waals surface area contributed by atoms with Crippen molar-refractivity contribution in [3.63, 3.8) is 0 Å². The zero-order valence-electron chi connectivity index (χ0n) is 20.3. The Morgan fingerprint density at radius 2 is 1.94 bits per heavy atom. The van der Waals surface area contributed by atoms with E-state index in [2.05, 4.69) is 63.0 Å². The van der Waals surface area contributed by atoms with Crippen LogP contribution in [0.3, 0.4) is 0 Å². The third kappa shape index (κ3) is 4.11. The summed E-state index contributed by atoms with van der Waals surface area (Å²) in [6.07, 6.45) is 6.66. The molecule has 9 nitrogen and oxygen atoms in total. The number of hydrogen-bond acceptors (Lipinski definition) is 7. The van der Waals surface area contributed by atoms with E-state index < -0.39 is 0 Å². The molecule has 34 heavy (non-hydrogen) atoms. The van der Waals surface area contributed by atoms with Gasteiger partial charge < -0.3 is 9.64 Å². The molecule has 0 bridgehead atoms. The molecule has 0 radical (unpaired) electrons. The van der Waals surface area contributed by atoms with Gasteiger partial charge in [-0.15, -0.1) is 0 Å². The Morgan fingerprint density at radius 3 is 2.62 bits per heavy atom. The van der Waals surface area contributed by atoms with Gasteiger partial charge in [-0.1, -0.05) is 20.8 Å². The monoisotopic (exact) mass is 460 g/mol. The van der Waals surface area contributed by atoms with E-state index in [-0.39, 0.29) is 5.92 Å². The fourth-order valence-corrected chi connectivity index (χ4v) is 4.77. The summed E-state index contributed by atoms with van der Waals surface area (Å²) in [4.78, 5) is 14.0. The van der Waals surface area contributed by atoms with Gasteiger partial charge in [-0.05, 0) is 37.1 Å². The summed E-state index contributed by atoms with van der Waals surface area (Å²) in [5, 5.41) is 12.2. The minimum atomic E-state index is 0.245. The second-order valence-electron chi connectivity index (χ2n) is 9.07. The number of anilines is 1. The lowest BCUT2D eigenvalue weighted by atomic mass is 9.96. The molecule has 5 heterocycles. The Bertz CT molecular complexity index is 1250. The second kappa shape index (κ2) is 9.42. The zero-order valence-corrected chi connectivity index (χ0v) is 20.3. The number of nitrogens with one attached hydrogen (secondary N) is 1. The smallest absolute Gasteiger partial charge is 0.197 e. The van der Waals surface area contributed by atoms with E-state index >= 15 is 0 Å². The number of methoxy groups -OCH3 is 1. The first-order chi connectivity index (χ1) is 16.6. The first kappa shape index (κ1) is 22.3. The van der Waals surface area contributed by atoms with Crippen molar-refractivity contribution in [3.05, 3.63) is 42.5 Å². The molecular formula is C25H32N8O. The highest BCUT2D eigenvalue weighted by atomic mass is 16.5. The highest BCUT2D eigenvalue weighted by Crippen LogP contribution is 2.36. The summed E-state index contributed by atoms with van der Waals surface area (Å²) in [6, 6.07) is 6.23. The van der Waals surface area contributed by atoms with Crippen LogP contribution in [0.5, 0.6) is 5.75 Å². The number of nitrogens with zero attached hydrogens (tertiary/aromatic N) is 7. The fourth-order valence-electron chi connectivity index (χ4n) is 4.77. The van der Waals surface area contributed by atoms with Crippen LogP contribution in [0.1, 0.15) is 38.7 Å². The van der Waals surface area contributed by atoms with Crippen LogP contribution in [-0.4, -0.2) is 74.5 Å². The lowest BCUT2D eigenvalue weighted by Crippen LogP contribution is -2.46. The summed E-state index contributed by atoms with van der Waals surface area (Å²) < 4.78 is 7.28. The van der Waals surface area contributed by atoms with Gasteiger partial charge in [0.05, 0.1) is 30.4 Å². The van der Waals surface area contributed by atoms with E-state index in [4.69, 9.17) is 9.72 Å². The zero-order chi connectivity index (χ0) is 23.7. The Balaban J connectivity index is 1.44. The number of piperazine rings is 1. The van der Waals surface area contributed by atoms with Crippen LogP contribution >= 0.6 is 0 Å². The van der Waals surface area contributed by atoms with Gasteiger partial charge in [0.15, 0.2) is 11.4 Å². The van der Waals surface area contributed by atoms with Gasteiger partial charge in [-0.25, -0.2) is 9.50 Å². The molecule has 178 valence electrons. The van der Waals surface area contributed by atoms with Gasteiger partial charge in [0, 0.05) is 43.5 Å². The maximum atomic E-state index is 5.55. The normalized spacial score (nSPS) is 14.9. The predicted octanol–water partition coefficient (Wildman–Crippen LogP) is 3.85. The van der Waals surface area contributed by atoms with Crippen molar-refractivity contribution in [1.82, 2.24) is 34.7 Å². The van der Waals surface area contributed by atoms with Crippen molar-refractivity contribution in [2.45, 2.75) is 33.1 Å². The van der Waals surface area contributed by atoms with Crippen LogP contribution in [-0.2, 0) is 0 Å². The van der Waals surface area contributed by atoms with Gasteiger partial charge in [-0.3, -0.25) is 15.0 Å². The van der Waals surface area contributed by atoms with Gasteiger partial charge in [0.2, 0.25) is 0 Å². The quantitative estimate of drug-likeness (QED) is 0.448. The van der Waals surface area contributed by atoms with Crippen LogP contribution in [0.15, 0.2) is 36.9 Å². The van der Waals surface area contributed by atoms with Crippen LogP contribution in [0.4, 0.5) is 5.69 Å². The molecule has 0 atom stereocenters. The third-order valence-corrected chi connectivity index (χ3v) is 6.50. The maximum absolute atomic E-state index is 5.55. The molecule has 9 heteroatoms. The Kier molecular flexibility index (Phi) is 6.19. The minimum Gasteiger partial charge on any atom is -0.493 e. The fraction of sp³-hybridized carbons (Fsp3) is 0.440. The highest BCUT2D eigenvalue weighted by Gasteiger charge is 2.22. The van der Waals surface area contributed by atoms with Gasteiger partial charge in [0.1, 0.15) is 12.0 Å². The molecule has 5 rings (SSSR count). The van der Waals surface area contributed by atoms with E-state index in [0.717, 1.165) is 54.4 Å². The van der Waals surface area contributed by atoms with E-state index in [1.165, 1.54) is 25.0 Å². The minimum absolute atomic E-state index is 0.245. The van der Waals surface area contributed by atoms with Crippen LogP contribution in [0.2, 0.25) is 0 Å². The average Bonchev–Trinajstić information content (AvgIpc) is 3.52. The molecule has 1 aliphatic heterocycles. The lowest BCUT2D eigenvalue weighted by Gasteiger charge is -2.35. The number of aromatic nitrogens is 6. The molecule has 1 aliphatic rings. The van der Waals surface area contributed by atoms with Crippen molar-refractivity contribution >= 4 is 11.3 Å². The Morgan fingerprint density at radius 1 is 1.12 bits per heavy atom. The van der Waals surface area contributed by atoms with Crippen LogP contribution in [0, 0.1) is 0 Å². The maximum Gasteiger partial charge on any atom is 0.197 e. The van der Waals surface area contributed by atoms with E-state index in [0.29, 0.717) is 11.4 Å². The topological polar surface area (TPSA) is 87.5 Å². The number of aromatic amines is 1. The van der Waals surface area contributed by atoms with Crippen molar-refractivity contribution in [3.8, 4) is 28.4 Å². The summed E-state index contributed by atoms with van der Waals surface area (Å²) >= 11 is 0. The lowest BCUT2D eigenvalue weighted by molar-refractivity contribution is 0.258. The van der Waals surface area contributed by atoms with E-state index in [1.54, 1.807) is 11.6 Å². The summed E-state index contributed by atoms with van der Waals surface area (Å²) in [5.41, 5.74) is 6.61. The summed E-state index contributed by atoms with van der Waals surface area (Å²) in [5.74, 6) is 0.914. The molecule has 4 aromatic rings. The van der Waals surface area contributed by atoms with E-state index in [1.807, 2.05) is 18.5 Å². The predicted molar refractivity (Wildman–Crippen MR) is 133 cm³/mol. The number of ether oxygens (including phenoxy) is 1. The molecule has 1 fully saturated rings. The van der Waals surface area contributed by atoms with Gasteiger partial charge in [0.25, 0.3) is 0 Å². The molecule has 0 spiro atoms. The second-order valence-corrected chi connectivity index (χ2v) is 9.07. The molecule has 0 aromatic carbocycles.